The molecule has 0 heterocycles. The number of ether oxygens (including phenoxy) is 1. The second kappa shape index (κ2) is 5.16. The highest BCUT2D eigenvalue weighted by Gasteiger charge is 2.07. The van der Waals surface area contributed by atoms with Gasteiger partial charge in [-0.1, -0.05) is 6.58 Å². The number of alkyl halides is 1. The Balaban J connectivity index is 3.66. The topological polar surface area (TPSA) is 38.3 Å². The third-order valence-corrected chi connectivity index (χ3v) is 1.15. The van der Waals surface area contributed by atoms with Crippen LogP contribution in [0.15, 0.2) is 12.2 Å². The lowest BCUT2D eigenvalue weighted by molar-refractivity contribution is -0.144. The van der Waals surface area contributed by atoms with Gasteiger partial charge in [0.25, 0.3) is 0 Å². The van der Waals surface area contributed by atoms with Gasteiger partial charge < -0.3 is 4.74 Å². The molecule has 11 heavy (non-hydrogen) atoms. The van der Waals surface area contributed by atoms with Crippen molar-refractivity contribution in [1.82, 2.24) is 5.32 Å². The van der Waals surface area contributed by atoms with Crippen LogP contribution in [-0.2, 0) is 9.53 Å². The maximum atomic E-state index is 10.8. The predicted molar refractivity (Wildman–Crippen MR) is 44.2 cm³/mol. The van der Waals surface area contributed by atoms with E-state index in [9.17, 15) is 4.79 Å². The van der Waals surface area contributed by atoms with Gasteiger partial charge >= 0.3 is 5.97 Å². The Labute approximate surface area is 71.4 Å². The van der Waals surface area contributed by atoms with Gasteiger partial charge in [0.15, 0.2) is 6.23 Å². The third-order valence-electron chi connectivity index (χ3n) is 0.997. The minimum absolute atomic E-state index is 0.255. The van der Waals surface area contributed by atoms with Crippen molar-refractivity contribution in [2.75, 3.05) is 6.00 Å². The SMILES string of the molecule is C=C(C)C(=O)OC(C)NCCl. The van der Waals surface area contributed by atoms with Crippen molar-refractivity contribution in [2.45, 2.75) is 20.1 Å². The molecule has 0 fully saturated rings. The first kappa shape index (κ1) is 10.5. The van der Waals surface area contributed by atoms with Crippen LogP contribution in [0.5, 0.6) is 0 Å². The molecule has 0 bridgehead atoms. The van der Waals surface area contributed by atoms with Gasteiger partial charge in [0.2, 0.25) is 0 Å². The Bertz CT molecular complexity index is 159. The highest BCUT2D eigenvalue weighted by Crippen LogP contribution is 1.95. The van der Waals surface area contributed by atoms with Crippen molar-refractivity contribution in [1.29, 1.82) is 0 Å². The average Bonchev–Trinajstić information content (AvgIpc) is 1.87. The monoisotopic (exact) mass is 177 g/mol. The molecule has 64 valence electrons. The molecule has 1 N–H and O–H groups in total. The van der Waals surface area contributed by atoms with Gasteiger partial charge in [0, 0.05) is 5.57 Å². The summed E-state index contributed by atoms with van der Waals surface area (Å²) < 4.78 is 4.82. The van der Waals surface area contributed by atoms with E-state index in [1.807, 2.05) is 0 Å². The first-order chi connectivity index (χ1) is 5.07. The molecule has 0 radical (unpaired) electrons. The second-order valence-corrected chi connectivity index (χ2v) is 2.43. The number of rotatable bonds is 4. The number of hydrogen-bond acceptors (Lipinski definition) is 3. The summed E-state index contributed by atoms with van der Waals surface area (Å²) in [5.41, 5.74) is 0.383. The molecule has 0 aromatic carbocycles. The highest BCUT2D eigenvalue weighted by molar-refractivity contribution is 6.17. The lowest BCUT2D eigenvalue weighted by atomic mass is 10.4. The maximum absolute atomic E-state index is 10.8. The molecule has 0 amide bonds. The molecule has 1 unspecified atom stereocenters. The first-order valence-corrected chi connectivity index (χ1v) is 3.77. The zero-order valence-corrected chi connectivity index (χ0v) is 7.44. The van der Waals surface area contributed by atoms with E-state index in [0.29, 0.717) is 5.57 Å². The van der Waals surface area contributed by atoms with Crippen molar-refractivity contribution >= 4 is 17.6 Å². The number of halogens is 1. The Hall–Kier alpha value is -0.540. The molecular weight excluding hydrogens is 166 g/mol. The van der Waals surface area contributed by atoms with Gasteiger partial charge in [0.05, 0.1) is 6.00 Å². The summed E-state index contributed by atoms with van der Waals surface area (Å²) in [4.78, 5) is 10.8. The van der Waals surface area contributed by atoms with E-state index in [1.54, 1.807) is 13.8 Å². The van der Waals surface area contributed by atoms with Crippen LogP contribution in [0.25, 0.3) is 0 Å². The minimum Gasteiger partial charge on any atom is -0.444 e. The van der Waals surface area contributed by atoms with E-state index >= 15 is 0 Å². The molecule has 0 aromatic heterocycles. The predicted octanol–water partition coefficient (Wildman–Crippen LogP) is 1.24. The number of nitrogens with one attached hydrogen (secondary N) is 1. The van der Waals surface area contributed by atoms with Crippen molar-refractivity contribution in [3.05, 3.63) is 12.2 Å². The van der Waals surface area contributed by atoms with Crippen molar-refractivity contribution in [2.24, 2.45) is 0 Å². The molecule has 3 nitrogen and oxygen atoms in total. The summed E-state index contributed by atoms with van der Waals surface area (Å²) in [6.07, 6.45) is -0.364. The van der Waals surface area contributed by atoms with Gasteiger partial charge in [0.1, 0.15) is 0 Å². The average molecular weight is 178 g/mol. The number of esters is 1. The van der Waals surface area contributed by atoms with Crippen LogP contribution in [0.1, 0.15) is 13.8 Å². The standard InChI is InChI=1S/C7H12ClNO2/c1-5(2)7(10)11-6(3)9-4-8/h6,9H,1,4H2,2-3H3. The normalized spacial score (nSPS) is 12.3. The van der Waals surface area contributed by atoms with Gasteiger partial charge in [-0.15, -0.1) is 11.6 Å². The van der Waals surface area contributed by atoms with Crippen LogP contribution < -0.4 is 5.32 Å². The van der Waals surface area contributed by atoms with Gasteiger partial charge in [-0.25, -0.2) is 4.79 Å². The lowest BCUT2D eigenvalue weighted by Crippen LogP contribution is -2.30. The molecule has 0 rings (SSSR count). The lowest BCUT2D eigenvalue weighted by Gasteiger charge is -2.12. The molecule has 1 atom stereocenters. The van der Waals surface area contributed by atoms with Crippen molar-refractivity contribution in [3.63, 3.8) is 0 Å². The van der Waals surface area contributed by atoms with Crippen LogP contribution in [-0.4, -0.2) is 18.2 Å². The van der Waals surface area contributed by atoms with Gasteiger partial charge in [-0.05, 0) is 13.8 Å². The van der Waals surface area contributed by atoms with Gasteiger partial charge in [-0.3, -0.25) is 5.32 Å². The first-order valence-electron chi connectivity index (χ1n) is 3.23. The summed E-state index contributed by atoms with van der Waals surface area (Å²) in [6, 6.07) is 0.255. The smallest absolute Gasteiger partial charge is 0.334 e. The Morgan fingerprint density at radius 3 is 2.73 bits per heavy atom. The number of carbonyl (C=O) groups is 1. The molecular formula is C7H12ClNO2. The summed E-state index contributed by atoms with van der Waals surface area (Å²) in [7, 11) is 0. The fourth-order valence-corrected chi connectivity index (χ4v) is 0.629. The Morgan fingerprint density at radius 2 is 2.36 bits per heavy atom. The van der Waals surface area contributed by atoms with E-state index in [1.165, 1.54) is 0 Å². The zero-order valence-electron chi connectivity index (χ0n) is 6.69. The molecule has 0 saturated heterocycles. The van der Waals surface area contributed by atoms with Crippen LogP contribution >= 0.6 is 11.6 Å². The minimum atomic E-state index is -0.407. The van der Waals surface area contributed by atoms with E-state index in [2.05, 4.69) is 11.9 Å². The van der Waals surface area contributed by atoms with E-state index in [4.69, 9.17) is 16.3 Å². The largest absolute Gasteiger partial charge is 0.444 e. The molecule has 0 aliphatic carbocycles. The number of carbonyl (C=O) groups excluding carboxylic acids is 1. The van der Waals surface area contributed by atoms with Crippen LogP contribution in [0, 0.1) is 0 Å². The van der Waals surface area contributed by atoms with E-state index < -0.39 is 5.97 Å². The summed E-state index contributed by atoms with van der Waals surface area (Å²) in [5.74, 6) is -0.407. The van der Waals surface area contributed by atoms with Gasteiger partial charge in [-0.2, -0.15) is 0 Å². The fourth-order valence-electron chi connectivity index (χ4n) is 0.411. The molecule has 0 aliphatic heterocycles. The van der Waals surface area contributed by atoms with Crippen LogP contribution in [0.2, 0.25) is 0 Å². The zero-order chi connectivity index (χ0) is 8.85. The second-order valence-electron chi connectivity index (χ2n) is 2.17. The molecule has 0 saturated carbocycles. The molecule has 0 spiro atoms. The quantitative estimate of drug-likeness (QED) is 0.231. The summed E-state index contributed by atoms with van der Waals surface area (Å²) in [6.45, 7) is 6.72. The third kappa shape index (κ3) is 4.81. The van der Waals surface area contributed by atoms with Crippen molar-refractivity contribution < 1.29 is 9.53 Å². The number of hydrogen-bond donors (Lipinski definition) is 1. The maximum Gasteiger partial charge on any atom is 0.334 e. The van der Waals surface area contributed by atoms with Crippen LogP contribution in [0.4, 0.5) is 0 Å². The Morgan fingerprint density at radius 1 is 1.82 bits per heavy atom. The summed E-state index contributed by atoms with van der Waals surface area (Å²) in [5, 5.41) is 2.71. The van der Waals surface area contributed by atoms with Crippen LogP contribution in [0.3, 0.4) is 0 Å². The molecule has 0 aromatic rings. The van der Waals surface area contributed by atoms with E-state index in [0.717, 1.165) is 0 Å². The highest BCUT2D eigenvalue weighted by atomic mass is 35.5. The van der Waals surface area contributed by atoms with Crippen molar-refractivity contribution in [3.8, 4) is 0 Å². The molecule has 0 aliphatic rings. The van der Waals surface area contributed by atoms with E-state index in [-0.39, 0.29) is 12.2 Å². The summed E-state index contributed by atoms with van der Waals surface area (Å²) >= 11 is 5.33. The molecule has 4 heteroatoms. The fraction of sp³-hybridized carbons (Fsp3) is 0.571. The Kier molecular flexibility index (Phi) is 4.90.